The minimum absolute atomic E-state index is 0.538. The number of morpholine rings is 1. The average Bonchev–Trinajstić information content (AvgIpc) is 3.43. The summed E-state index contributed by atoms with van der Waals surface area (Å²) < 4.78 is 7.29. The first kappa shape index (κ1) is 22.8. The Kier molecular flexibility index (Phi) is 6.50. The number of hydrogen-bond donors (Lipinski definition) is 1. The number of benzene rings is 3. The van der Waals surface area contributed by atoms with Gasteiger partial charge in [0.25, 0.3) is 0 Å². The van der Waals surface area contributed by atoms with E-state index in [9.17, 15) is 0 Å². The van der Waals surface area contributed by atoms with Crippen molar-refractivity contribution in [3.63, 3.8) is 0 Å². The van der Waals surface area contributed by atoms with E-state index in [0.29, 0.717) is 18.3 Å². The van der Waals surface area contributed by atoms with E-state index in [0.717, 1.165) is 54.4 Å². The SMILES string of the molecule is c1ccc(Cn2nnnc2-c2ccc(Nc3nccc(-c4cccc(N5CCOCC5)c4)n3)cc2)cc1. The summed E-state index contributed by atoms with van der Waals surface area (Å²) in [6, 6.07) is 28.5. The van der Waals surface area contributed by atoms with Gasteiger partial charge in [-0.05, 0) is 58.5 Å². The van der Waals surface area contributed by atoms with E-state index in [4.69, 9.17) is 9.72 Å². The lowest BCUT2D eigenvalue weighted by Crippen LogP contribution is -2.36. The van der Waals surface area contributed by atoms with E-state index in [1.807, 2.05) is 48.5 Å². The molecule has 3 aromatic carbocycles. The Bertz CT molecular complexity index is 1460. The van der Waals surface area contributed by atoms with Crippen molar-refractivity contribution >= 4 is 17.3 Å². The molecule has 0 amide bonds. The number of nitrogens with zero attached hydrogens (tertiary/aromatic N) is 7. The minimum atomic E-state index is 0.538. The van der Waals surface area contributed by atoms with Crippen molar-refractivity contribution in [3.05, 3.63) is 96.7 Å². The normalized spacial score (nSPS) is 13.5. The monoisotopic (exact) mass is 490 g/mol. The Morgan fingerprint density at radius 1 is 0.838 bits per heavy atom. The van der Waals surface area contributed by atoms with E-state index in [1.54, 1.807) is 10.9 Å². The van der Waals surface area contributed by atoms with Gasteiger partial charge in [0.2, 0.25) is 5.95 Å². The summed E-state index contributed by atoms with van der Waals surface area (Å²) in [5.41, 5.74) is 6.05. The Balaban J connectivity index is 1.17. The van der Waals surface area contributed by atoms with Gasteiger partial charge in [-0.15, -0.1) is 5.10 Å². The Labute approximate surface area is 214 Å². The third-order valence-corrected chi connectivity index (χ3v) is 6.28. The van der Waals surface area contributed by atoms with Gasteiger partial charge in [0, 0.05) is 41.8 Å². The number of aromatic nitrogens is 6. The summed E-state index contributed by atoms with van der Waals surface area (Å²) in [5.74, 6) is 1.25. The van der Waals surface area contributed by atoms with Gasteiger partial charge >= 0.3 is 0 Å². The Morgan fingerprint density at radius 2 is 1.68 bits per heavy atom. The number of rotatable bonds is 7. The molecule has 0 unspecified atom stereocenters. The van der Waals surface area contributed by atoms with Crippen LogP contribution in [0.5, 0.6) is 0 Å². The van der Waals surface area contributed by atoms with E-state index in [1.165, 1.54) is 5.69 Å². The van der Waals surface area contributed by atoms with Crippen molar-refractivity contribution in [2.75, 3.05) is 36.5 Å². The van der Waals surface area contributed by atoms with Crippen LogP contribution in [0.1, 0.15) is 5.56 Å². The third kappa shape index (κ3) is 5.31. The lowest BCUT2D eigenvalue weighted by molar-refractivity contribution is 0.122. The van der Waals surface area contributed by atoms with E-state index < -0.39 is 0 Å². The molecule has 2 aromatic heterocycles. The highest BCUT2D eigenvalue weighted by atomic mass is 16.5. The maximum Gasteiger partial charge on any atom is 0.227 e. The molecule has 0 spiro atoms. The molecule has 0 saturated carbocycles. The zero-order valence-corrected chi connectivity index (χ0v) is 20.2. The quantitative estimate of drug-likeness (QED) is 0.358. The third-order valence-electron chi connectivity index (χ3n) is 6.28. The molecular weight excluding hydrogens is 464 g/mol. The van der Waals surface area contributed by atoms with Crippen LogP contribution in [0.3, 0.4) is 0 Å². The van der Waals surface area contributed by atoms with Gasteiger partial charge in [0.05, 0.1) is 25.5 Å². The number of nitrogens with one attached hydrogen (secondary N) is 1. The molecule has 1 fully saturated rings. The van der Waals surface area contributed by atoms with Crippen molar-refractivity contribution < 1.29 is 4.74 Å². The van der Waals surface area contributed by atoms with Crippen molar-refractivity contribution in [1.82, 2.24) is 30.2 Å². The van der Waals surface area contributed by atoms with E-state index in [2.05, 4.69) is 67.1 Å². The summed E-state index contributed by atoms with van der Waals surface area (Å²) in [7, 11) is 0. The molecular formula is C28H26N8O. The number of anilines is 3. The molecule has 0 aliphatic carbocycles. The number of ether oxygens (including phenoxy) is 1. The molecule has 1 aliphatic rings. The fourth-order valence-corrected chi connectivity index (χ4v) is 4.37. The van der Waals surface area contributed by atoms with Crippen LogP contribution in [0, 0.1) is 0 Å². The Hall–Kier alpha value is -4.63. The second-order valence-electron chi connectivity index (χ2n) is 8.76. The van der Waals surface area contributed by atoms with Crippen molar-refractivity contribution in [1.29, 1.82) is 0 Å². The summed E-state index contributed by atoms with van der Waals surface area (Å²) >= 11 is 0. The molecule has 0 bridgehead atoms. The predicted molar refractivity (Wildman–Crippen MR) is 143 cm³/mol. The fourth-order valence-electron chi connectivity index (χ4n) is 4.37. The van der Waals surface area contributed by atoms with Crippen LogP contribution < -0.4 is 10.2 Å². The molecule has 9 nitrogen and oxygen atoms in total. The van der Waals surface area contributed by atoms with Crippen LogP contribution in [0.4, 0.5) is 17.3 Å². The minimum Gasteiger partial charge on any atom is -0.378 e. The fraction of sp³-hybridized carbons (Fsp3) is 0.179. The van der Waals surface area contributed by atoms with Crippen LogP contribution in [-0.2, 0) is 11.3 Å². The van der Waals surface area contributed by atoms with Gasteiger partial charge in [-0.2, -0.15) is 0 Å². The molecule has 0 atom stereocenters. The summed E-state index contributed by atoms with van der Waals surface area (Å²) in [6.45, 7) is 3.92. The largest absolute Gasteiger partial charge is 0.378 e. The Morgan fingerprint density at radius 3 is 2.51 bits per heavy atom. The first-order chi connectivity index (χ1) is 18.3. The van der Waals surface area contributed by atoms with Gasteiger partial charge in [0.1, 0.15) is 0 Å². The van der Waals surface area contributed by atoms with Crippen LogP contribution in [0.2, 0.25) is 0 Å². The first-order valence-electron chi connectivity index (χ1n) is 12.3. The smallest absolute Gasteiger partial charge is 0.227 e. The van der Waals surface area contributed by atoms with Crippen LogP contribution in [0.15, 0.2) is 91.1 Å². The maximum atomic E-state index is 5.49. The van der Waals surface area contributed by atoms with Gasteiger partial charge in [-0.3, -0.25) is 0 Å². The van der Waals surface area contributed by atoms with Crippen LogP contribution >= 0.6 is 0 Å². The number of tetrazole rings is 1. The molecule has 1 N–H and O–H groups in total. The highest BCUT2D eigenvalue weighted by molar-refractivity contribution is 5.68. The van der Waals surface area contributed by atoms with Crippen LogP contribution in [-0.4, -0.2) is 56.5 Å². The summed E-state index contributed by atoms with van der Waals surface area (Å²) in [6.07, 6.45) is 1.78. The zero-order chi connectivity index (χ0) is 24.9. The van der Waals surface area contributed by atoms with Crippen molar-refractivity contribution in [3.8, 4) is 22.6 Å². The van der Waals surface area contributed by atoms with Gasteiger partial charge in [-0.25, -0.2) is 14.6 Å². The molecule has 3 heterocycles. The lowest BCUT2D eigenvalue weighted by atomic mass is 10.1. The molecule has 9 heteroatoms. The standard InChI is InChI=1S/C28H26N8O/c1-2-5-21(6-3-1)20-36-27(32-33-34-36)22-9-11-24(12-10-22)30-28-29-14-13-26(31-28)23-7-4-8-25(19-23)35-15-17-37-18-16-35/h1-14,19H,15-18,20H2,(H,29,30,31). The molecule has 6 rings (SSSR count). The highest BCUT2D eigenvalue weighted by Crippen LogP contribution is 2.26. The summed E-state index contributed by atoms with van der Waals surface area (Å²) in [4.78, 5) is 11.5. The van der Waals surface area contributed by atoms with Gasteiger partial charge < -0.3 is 15.0 Å². The van der Waals surface area contributed by atoms with E-state index in [-0.39, 0.29) is 0 Å². The second kappa shape index (κ2) is 10.5. The highest BCUT2D eigenvalue weighted by Gasteiger charge is 2.13. The first-order valence-corrected chi connectivity index (χ1v) is 12.3. The predicted octanol–water partition coefficient (Wildman–Crippen LogP) is 4.43. The molecule has 37 heavy (non-hydrogen) atoms. The van der Waals surface area contributed by atoms with E-state index >= 15 is 0 Å². The average molecular weight is 491 g/mol. The van der Waals surface area contributed by atoms with Gasteiger partial charge in [0.15, 0.2) is 5.82 Å². The second-order valence-corrected chi connectivity index (χ2v) is 8.76. The van der Waals surface area contributed by atoms with Crippen molar-refractivity contribution in [2.24, 2.45) is 0 Å². The lowest BCUT2D eigenvalue weighted by Gasteiger charge is -2.29. The molecule has 5 aromatic rings. The molecule has 184 valence electrons. The van der Waals surface area contributed by atoms with Gasteiger partial charge in [-0.1, -0.05) is 42.5 Å². The molecule has 1 saturated heterocycles. The molecule has 1 aliphatic heterocycles. The zero-order valence-electron chi connectivity index (χ0n) is 20.2. The topological polar surface area (TPSA) is 93.9 Å². The van der Waals surface area contributed by atoms with Crippen LogP contribution in [0.25, 0.3) is 22.6 Å². The van der Waals surface area contributed by atoms with Crippen molar-refractivity contribution in [2.45, 2.75) is 6.54 Å². The summed E-state index contributed by atoms with van der Waals surface area (Å²) in [5, 5.41) is 15.6. The number of hydrogen-bond acceptors (Lipinski definition) is 8. The molecule has 0 radical (unpaired) electrons. The maximum absolute atomic E-state index is 5.49.